The van der Waals surface area contributed by atoms with Gasteiger partial charge < -0.3 is 25.0 Å². The summed E-state index contributed by atoms with van der Waals surface area (Å²) in [7, 11) is 3.51. The van der Waals surface area contributed by atoms with Crippen LogP contribution in [-0.4, -0.2) is 93.5 Å². The fourth-order valence-electron chi connectivity index (χ4n) is 2.97. The minimum Gasteiger partial charge on any atom is -0.444 e. The second-order valence-corrected chi connectivity index (χ2v) is 9.28. The maximum Gasteiger partial charge on any atom is 0.410 e. The SMILES string of the molecule is CN=C(NCCN1CCN(C(=O)OC(C)(C)C)CC1)NCC(OC)C(C)(C)C. The van der Waals surface area contributed by atoms with E-state index in [2.05, 4.69) is 41.3 Å². The highest BCUT2D eigenvalue weighted by Gasteiger charge is 2.26. The number of methoxy groups -OCH3 is 1. The molecule has 8 heteroatoms. The Morgan fingerprint density at radius 3 is 2.14 bits per heavy atom. The zero-order valence-electron chi connectivity index (χ0n) is 19.1. The molecule has 1 rings (SSSR count). The highest BCUT2D eigenvalue weighted by molar-refractivity contribution is 5.79. The normalized spacial score (nSPS) is 18.0. The monoisotopic (exact) mass is 399 g/mol. The molecule has 0 radical (unpaired) electrons. The van der Waals surface area contributed by atoms with Gasteiger partial charge in [-0.05, 0) is 26.2 Å². The lowest BCUT2D eigenvalue weighted by atomic mass is 9.89. The lowest BCUT2D eigenvalue weighted by molar-refractivity contribution is 0.0147. The van der Waals surface area contributed by atoms with Gasteiger partial charge in [-0.15, -0.1) is 0 Å². The van der Waals surface area contributed by atoms with Crippen LogP contribution in [0.5, 0.6) is 0 Å². The molecule has 8 nitrogen and oxygen atoms in total. The van der Waals surface area contributed by atoms with E-state index >= 15 is 0 Å². The largest absolute Gasteiger partial charge is 0.444 e. The molecular formula is C20H41N5O3. The molecule has 1 atom stereocenters. The van der Waals surface area contributed by atoms with Gasteiger partial charge in [0.1, 0.15) is 5.60 Å². The molecule has 1 fully saturated rings. The number of carbonyl (C=O) groups excluding carboxylic acids is 1. The number of nitrogens with zero attached hydrogens (tertiary/aromatic N) is 3. The first kappa shape index (κ1) is 24.5. The van der Waals surface area contributed by atoms with Crippen LogP contribution in [0.4, 0.5) is 4.79 Å². The molecule has 1 aliphatic heterocycles. The van der Waals surface area contributed by atoms with E-state index in [0.29, 0.717) is 19.6 Å². The van der Waals surface area contributed by atoms with Gasteiger partial charge in [0, 0.05) is 60.0 Å². The van der Waals surface area contributed by atoms with Gasteiger partial charge in [0.2, 0.25) is 0 Å². The number of amides is 1. The van der Waals surface area contributed by atoms with Crippen molar-refractivity contribution in [3.05, 3.63) is 0 Å². The minimum absolute atomic E-state index is 0.0639. The molecule has 1 aliphatic rings. The lowest BCUT2D eigenvalue weighted by Crippen LogP contribution is -2.52. The van der Waals surface area contributed by atoms with Crippen LogP contribution in [0.1, 0.15) is 41.5 Å². The van der Waals surface area contributed by atoms with Crippen LogP contribution < -0.4 is 10.6 Å². The predicted octanol–water partition coefficient (Wildman–Crippen LogP) is 1.77. The van der Waals surface area contributed by atoms with E-state index in [9.17, 15) is 4.79 Å². The second-order valence-electron chi connectivity index (χ2n) is 9.28. The molecule has 1 amide bonds. The zero-order chi connectivity index (χ0) is 21.4. The lowest BCUT2D eigenvalue weighted by Gasteiger charge is -2.35. The Labute approximate surface area is 171 Å². The molecule has 2 N–H and O–H groups in total. The average Bonchev–Trinajstić information content (AvgIpc) is 2.58. The second kappa shape index (κ2) is 10.9. The summed E-state index contributed by atoms with van der Waals surface area (Å²) in [5.74, 6) is 0.777. The summed E-state index contributed by atoms with van der Waals surface area (Å²) in [6.45, 7) is 17.7. The van der Waals surface area contributed by atoms with Gasteiger partial charge in [0.05, 0.1) is 6.10 Å². The van der Waals surface area contributed by atoms with Gasteiger partial charge in [-0.25, -0.2) is 4.79 Å². The highest BCUT2D eigenvalue weighted by atomic mass is 16.6. The van der Waals surface area contributed by atoms with Crippen molar-refractivity contribution in [2.75, 3.05) is 60.0 Å². The van der Waals surface area contributed by atoms with E-state index in [1.54, 1.807) is 19.1 Å². The Bertz CT molecular complexity index is 503. The molecule has 1 unspecified atom stereocenters. The van der Waals surface area contributed by atoms with Gasteiger partial charge in [-0.2, -0.15) is 0 Å². The standard InChI is InChI=1S/C20H41N5O3/c1-19(2,3)16(27-8)15-23-17(21-7)22-9-10-24-11-13-25(14-12-24)18(26)28-20(4,5)6/h16H,9-15H2,1-8H3,(H2,21,22,23). The third-order valence-corrected chi connectivity index (χ3v) is 4.67. The molecule has 0 aromatic rings. The van der Waals surface area contributed by atoms with Crippen LogP contribution in [0.3, 0.4) is 0 Å². The number of aliphatic imine (C=N–C) groups is 1. The predicted molar refractivity (Wildman–Crippen MR) is 114 cm³/mol. The van der Waals surface area contributed by atoms with E-state index in [0.717, 1.165) is 32.1 Å². The summed E-state index contributed by atoms with van der Waals surface area (Å²) in [6.07, 6.45) is -0.117. The smallest absolute Gasteiger partial charge is 0.410 e. The van der Waals surface area contributed by atoms with Crippen molar-refractivity contribution in [1.29, 1.82) is 0 Å². The average molecular weight is 400 g/mol. The van der Waals surface area contributed by atoms with Crippen LogP contribution in [0.15, 0.2) is 4.99 Å². The number of hydrogen-bond acceptors (Lipinski definition) is 5. The van der Waals surface area contributed by atoms with Gasteiger partial charge in [0.15, 0.2) is 5.96 Å². The number of rotatable bonds is 6. The van der Waals surface area contributed by atoms with Crippen LogP contribution in [-0.2, 0) is 9.47 Å². The van der Waals surface area contributed by atoms with Crippen LogP contribution in [0, 0.1) is 5.41 Å². The summed E-state index contributed by atoms with van der Waals surface area (Å²) < 4.78 is 11.0. The minimum atomic E-state index is -0.449. The Hall–Kier alpha value is -1.54. The molecule has 164 valence electrons. The summed E-state index contributed by atoms with van der Waals surface area (Å²) in [5.41, 5.74) is -0.385. The molecule has 28 heavy (non-hydrogen) atoms. The highest BCUT2D eigenvalue weighted by Crippen LogP contribution is 2.20. The molecule has 0 saturated carbocycles. The van der Waals surface area contributed by atoms with Gasteiger partial charge >= 0.3 is 6.09 Å². The summed E-state index contributed by atoms with van der Waals surface area (Å²) in [6, 6.07) is 0. The quantitative estimate of drug-likeness (QED) is 0.523. The van der Waals surface area contributed by atoms with E-state index in [1.807, 2.05) is 20.8 Å². The molecule has 1 saturated heterocycles. The number of guanidine groups is 1. The van der Waals surface area contributed by atoms with Crippen molar-refractivity contribution >= 4 is 12.1 Å². The molecule has 0 spiro atoms. The Morgan fingerprint density at radius 2 is 1.68 bits per heavy atom. The molecule has 0 aliphatic carbocycles. The van der Waals surface area contributed by atoms with E-state index in [1.165, 1.54) is 0 Å². The maximum atomic E-state index is 12.1. The first-order valence-electron chi connectivity index (χ1n) is 10.1. The molecule has 0 bridgehead atoms. The van der Waals surface area contributed by atoms with Crippen molar-refractivity contribution in [1.82, 2.24) is 20.4 Å². The number of piperazine rings is 1. The third kappa shape index (κ3) is 9.10. The molecule has 0 aromatic heterocycles. The maximum absolute atomic E-state index is 12.1. The molecular weight excluding hydrogens is 358 g/mol. The Kier molecular flexibility index (Phi) is 9.50. The third-order valence-electron chi connectivity index (χ3n) is 4.67. The van der Waals surface area contributed by atoms with Crippen molar-refractivity contribution < 1.29 is 14.3 Å². The number of carbonyl (C=O) groups is 1. The van der Waals surface area contributed by atoms with Crippen LogP contribution in [0.25, 0.3) is 0 Å². The van der Waals surface area contributed by atoms with E-state index in [4.69, 9.17) is 9.47 Å². The summed E-state index contributed by atoms with van der Waals surface area (Å²) in [5, 5.41) is 6.68. The van der Waals surface area contributed by atoms with Gasteiger partial charge in [-0.1, -0.05) is 20.8 Å². The van der Waals surface area contributed by atoms with E-state index in [-0.39, 0.29) is 17.6 Å². The summed E-state index contributed by atoms with van der Waals surface area (Å²) >= 11 is 0. The van der Waals surface area contributed by atoms with E-state index < -0.39 is 5.60 Å². The fourth-order valence-corrected chi connectivity index (χ4v) is 2.97. The first-order chi connectivity index (χ1) is 13.0. The van der Waals surface area contributed by atoms with Crippen molar-refractivity contribution in [2.45, 2.75) is 53.2 Å². The van der Waals surface area contributed by atoms with Crippen molar-refractivity contribution in [3.63, 3.8) is 0 Å². The van der Waals surface area contributed by atoms with Gasteiger partial charge in [0.25, 0.3) is 0 Å². The topological polar surface area (TPSA) is 78.4 Å². The van der Waals surface area contributed by atoms with Crippen molar-refractivity contribution in [2.24, 2.45) is 10.4 Å². The first-order valence-corrected chi connectivity index (χ1v) is 10.1. The zero-order valence-corrected chi connectivity index (χ0v) is 19.1. The van der Waals surface area contributed by atoms with Crippen LogP contribution >= 0.6 is 0 Å². The van der Waals surface area contributed by atoms with Gasteiger partial charge in [-0.3, -0.25) is 9.89 Å². The Balaban J connectivity index is 2.29. The number of hydrogen-bond donors (Lipinski definition) is 2. The van der Waals surface area contributed by atoms with Crippen molar-refractivity contribution in [3.8, 4) is 0 Å². The molecule has 0 aromatic carbocycles. The molecule has 1 heterocycles. The number of nitrogens with one attached hydrogen (secondary N) is 2. The Morgan fingerprint density at radius 1 is 1.07 bits per heavy atom. The summed E-state index contributed by atoms with van der Waals surface area (Å²) in [4.78, 5) is 20.5. The fraction of sp³-hybridized carbons (Fsp3) is 0.900. The van der Waals surface area contributed by atoms with Crippen LogP contribution in [0.2, 0.25) is 0 Å². The number of ether oxygens (including phenoxy) is 2.